The van der Waals surface area contributed by atoms with Crippen molar-refractivity contribution in [2.75, 3.05) is 0 Å². The first kappa shape index (κ1) is 29.9. The molecule has 4 aromatic carbocycles. The van der Waals surface area contributed by atoms with E-state index in [0.717, 1.165) is 32.8 Å². The second-order valence-electron chi connectivity index (χ2n) is 13.9. The summed E-state index contributed by atoms with van der Waals surface area (Å²) in [5.74, 6) is -0.838. The van der Waals surface area contributed by atoms with Crippen molar-refractivity contribution in [1.29, 1.82) is 0 Å². The minimum atomic E-state index is -2.13. The summed E-state index contributed by atoms with van der Waals surface area (Å²) in [7, 11) is -1.61. The van der Waals surface area contributed by atoms with Crippen LogP contribution in [0, 0.1) is 24.9 Å². The SMILES string of the molecule is [2H]C([2H])([2H])c1c[c-]c(-c2cc(C([2H])(C)C)c([Si](C)(C)C)cn2)cc1.[2H]C([2H])(c1ccnc(-c2[c-]ccc3c2sc2cc(-c4ccccc4)ccc23)c1)C(C)C.[Ir]. The standard InChI is InChI=1S/C27H22NS.C18H24NSi.Ir/c1-18(2)15-19-13-14-28-25(16-19)24-10-6-9-23-22-12-11-21(17-26(22)29-27(23)24)20-7-4-3-5-8-20;1-13(2)16-11-17(15-9-7-14(3)8-10-15)19-12-18(16)20(4,5)6;/h3-9,11-14,16-18H,15H2,1-2H3;7-9,11-13H,1-6H3;/q2*-1;/i15D2;3D3,13D;. The first-order valence-electron chi connectivity index (χ1n) is 19.7. The van der Waals surface area contributed by atoms with Gasteiger partial charge in [-0.3, -0.25) is 0 Å². The van der Waals surface area contributed by atoms with Crippen molar-refractivity contribution in [1.82, 2.24) is 9.97 Å². The maximum atomic E-state index is 8.48. The van der Waals surface area contributed by atoms with Crippen molar-refractivity contribution in [3.8, 4) is 33.6 Å². The fraction of sp³-hybridized carbons (Fsp3) is 0.244. The Balaban J connectivity index is 0.000000218. The van der Waals surface area contributed by atoms with Gasteiger partial charge in [0, 0.05) is 45.4 Å². The van der Waals surface area contributed by atoms with E-state index in [9.17, 15) is 0 Å². The predicted molar refractivity (Wildman–Crippen MR) is 216 cm³/mol. The maximum Gasteiger partial charge on any atom is 0.0799 e. The van der Waals surface area contributed by atoms with Gasteiger partial charge in [-0.15, -0.1) is 59.2 Å². The van der Waals surface area contributed by atoms with Gasteiger partial charge in [-0.25, -0.2) is 0 Å². The summed E-state index contributed by atoms with van der Waals surface area (Å²) < 4.78 is 50.1. The van der Waals surface area contributed by atoms with E-state index >= 15 is 0 Å². The van der Waals surface area contributed by atoms with Crippen molar-refractivity contribution < 1.29 is 28.3 Å². The van der Waals surface area contributed by atoms with E-state index in [1.165, 1.54) is 37.9 Å². The number of thiophene rings is 1. The van der Waals surface area contributed by atoms with Crippen LogP contribution in [0.3, 0.4) is 0 Å². The van der Waals surface area contributed by atoms with E-state index in [1.54, 1.807) is 35.7 Å². The zero-order valence-electron chi connectivity index (χ0n) is 35.6. The molecule has 257 valence electrons. The Morgan fingerprint density at radius 3 is 2.32 bits per heavy atom. The number of aromatic nitrogens is 2. The number of hydrogen-bond donors (Lipinski definition) is 0. The van der Waals surface area contributed by atoms with Gasteiger partial charge in [-0.2, -0.15) is 11.3 Å². The summed E-state index contributed by atoms with van der Waals surface area (Å²) in [6.45, 7) is 12.2. The molecule has 0 fully saturated rings. The Bertz CT molecular complexity index is 2450. The Hall–Kier alpha value is -3.73. The summed E-state index contributed by atoms with van der Waals surface area (Å²) in [6.07, 6.45) is 2.19. The molecule has 3 heterocycles. The van der Waals surface area contributed by atoms with Crippen LogP contribution < -0.4 is 5.19 Å². The van der Waals surface area contributed by atoms with E-state index in [2.05, 4.69) is 90.3 Å². The quantitative estimate of drug-likeness (QED) is 0.118. The third-order valence-electron chi connectivity index (χ3n) is 8.35. The fourth-order valence-corrected chi connectivity index (χ4v) is 8.76. The van der Waals surface area contributed by atoms with E-state index in [1.807, 2.05) is 58.2 Å². The molecule has 2 nitrogen and oxygen atoms in total. The molecule has 0 unspecified atom stereocenters. The number of hydrogen-bond acceptors (Lipinski definition) is 3. The van der Waals surface area contributed by atoms with Gasteiger partial charge in [0.25, 0.3) is 0 Å². The van der Waals surface area contributed by atoms with E-state index < -0.39 is 27.2 Å². The van der Waals surface area contributed by atoms with Crippen LogP contribution in [-0.4, -0.2) is 18.0 Å². The molecule has 0 bridgehead atoms. The fourth-order valence-electron chi connectivity index (χ4n) is 5.93. The average Bonchev–Trinajstić information content (AvgIpc) is 3.52. The smallest absolute Gasteiger partial charge is 0.0799 e. The number of fused-ring (bicyclic) bond motifs is 3. The molecule has 0 spiro atoms. The van der Waals surface area contributed by atoms with Crippen molar-refractivity contribution >= 4 is 44.8 Å². The van der Waals surface area contributed by atoms with Gasteiger partial charge in [0.1, 0.15) is 0 Å². The molecule has 0 aliphatic carbocycles. The molecule has 0 N–H and O–H groups in total. The largest absolute Gasteiger partial charge is 0.305 e. The second-order valence-corrected chi connectivity index (χ2v) is 20.0. The van der Waals surface area contributed by atoms with Crippen LogP contribution in [0.1, 0.15) is 58.5 Å². The van der Waals surface area contributed by atoms with Gasteiger partial charge in [0.2, 0.25) is 0 Å². The van der Waals surface area contributed by atoms with E-state index in [-0.39, 0.29) is 31.6 Å². The van der Waals surface area contributed by atoms with Gasteiger partial charge in [0.05, 0.1) is 8.07 Å². The number of rotatable bonds is 7. The molecule has 1 radical (unpaired) electrons. The van der Waals surface area contributed by atoms with Crippen molar-refractivity contribution in [3.05, 3.63) is 138 Å². The molecular weight excluding hydrogens is 821 g/mol. The Labute approximate surface area is 325 Å². The second kappa shape index (κ2) is 16.1. The van der Waals surface area contributed by atoms with Crippen LogP contribution >= 0.6 is 11.3 Å². The van der Waals surface area contributed by atoms with Crippen molar-refractivity contribution in [3.63, 3.8) is 0 Å². The molecule has 0 saturated heterocycles. The molecule has 3 aromatic heterocycles. The first-order valence-corrected chi connectivity index (χ1v) is 21.0. The monoisotopic (exact) mass is 873 g/mol. The third kappa shape index (κ3) is 8.58. The number of benzene rings is 4. The summed E-state index contributed by atoms with van der Waals surface area (Å²) in [4.78, 5) is 9.14. The van der Waals surface area contributed by atoms with Crippen LogP contribution in [0.4, 0.5) is 0 Å². The summed E-state index contributed by atoms with van der Waals surface area (Å²) in [6, 6.07) is 37.9. The zero-order chi connectivity index (χ0) is 39.9. The molecule has 0 atom stereocenters. The molecule has 7 rings (SSSR count). The minimum Gasteiger partial charge on any atom is -0.305 e. The van der Waals surface area contributed by atoms with Gasteiger partial charge < -0.3 is 9.97 Å². The summed E-state index contributed by atoms with van der Waals surface area (Å²) >= 11 is 1.75. The minimum absolute atomic E-state index is 0. The van der Waals surface area contributed by atoms with Crippen LogP contribution in [-0.2, 0) is 26.5 Å². The van der Waals surface area contributed by atoms with E-state index in [4.69, 9.17) is 8.22 Å². The Morgan fingerprint density at radius 2 is 1.64 bits per heavy atom. The number of aryl methyl sites for hydroxylation is 1. The van der Waals surface area contributed by atoms with Crippen LogP contribution in [0.2, 0.25) is 19.6 Å². The van der Waals surface area contributed by atoms with Gasteiger partial charge in [-0.05, 0) is 68.1 Å². The molecule has 50 heavy (non-hydrogen) atoms. The van der Waals surface area contributed by atoms with Crippen LogP contribution in [0.15, 0.2) is 109 Å². The molecule has 5 heteroatoms. The molecule has 0 aliphatic rings. The van der Waals surface area contributed by atoms with Gasteiger partial charge in [0.15, 0.2) is 0 Å². The van der Waals surface area contributed by atoms with Gasteiger partial charge >= 0.3 is 0 Å². The normalized spacial score (nSPS) is 14.0. The molecular formula is C45H46IrN2SSi-2. The first-order chi connectivity index (χ1) is 25.7. The molecule has 0 aliphatic heterocycles. The topological polar surface area (TPSA) is 25.8 Å². The third-order valence-corrected chi connectivity index (χ3v) is 11.6. The van der Waals surface area contributed by atoms with Crippen LogP contribution in [0.25, 0.3) is 53.8 Å². The zero-order valence-corrected chi connectivity index (χ0v) is 33.8. The maximum absolute atomic E-state index is 8.48. The molecule has 0 saturated carbocycles. The number of pyridine rings is 2. The van der Waals surface area contributed by atoms with Crippen molar-refractivity contribution in [2.24, 2.45) is 5.92 Å². The van der Waals surface area contributed by atoms with Crippen molar-refractivity contribution in [2.45, 2.75) is 66.5 Å². The number of nitrogens with zero attached hydrogens (tertiary/aromatic N) is 2. The Kier molecular flexibility index (Phi) is 9.63. The molecule has 7 aromatic rings. The molecule has 0 amide bonds. The summed E-state index contributed by atoms with van der Waals surface area (Å²) in [5.41, 5.74) is 7.49. The average molecular weight is 873 g/mol. The Morgan fingerprint density at radius 1 is 0.840 bits per heavy atom. The predicted octanol–water partition coefficient (Wildman–Crippen LogP) is 12.3. The van der Waals surface area contributed by atoms with E-state index in [0.29, 0.717) is 5.56 Å². The van der Waals surface area contributed by atoms with Crippen LogP contribution in [0.5, 0.6) is 0 Å². The summed E-state index contributed by atoms with van der Waals surface area (Å²) in [5, 5.41) is 3.60. The van der Waals surface area contributed by atoms with Gasteiger partial charge in [-0.1, -0.05) is 125 Å².